The summed E-state index contributed by atoms with van der Waals surface area (Å²) in [5.41, 5.74) is 0.654. The average Bonchev–Trinajstić information content (AvgIpc) is 2.45. The van der Waals surface area contributed by atoms with Crippen LogP contribution in [0.3, 0.4) is 0 Å². The Hall–Kier alpha value is -1.26. The predicted octanol–water partition coefficient (Wildman–Crippen LogP) is 3.26. The molecule has 0 saturated carbocycles. The Labute approximate surface area is 135 Å². The van der Waals surface area contributed by atoms with E-state index in [0.717, 1.165) is 0 Å². The maximum absolute atomic E-state index is 12.3. The summed E-state index contributed by atoms with van der Waals surface area (Å²) in [6, 6.07) is 4.60. The lowest BCUT2D eigenvalue weighted by atomic mass is 10.1. The fourth-order valence-electron chi connectivity index (χ4n) is 2.00. The summed E-state index contributed by atoms with van der Waals surface area (Å²) in [5.74, 6) is -0.313. The van der Waals surface area contributed by atoms with Crippen LogP contribution in [0.1, 0.15) is 32.3 Å². The van der Waals surface area contributed by atoms with Crippen molar-refractivity contribution >= 4 is 35.0 Å². The molecule has 4 nitrogen and oxygen atoms in total. The monoisotopic (exact) mass is 330 g/mol. The SMILES string of the molecule is CCCC(=O)N(Cc1c(Cl)cccc1Cl)[C@H](C)C(=O)NC. The molecule has 1 N–H and O–H groups in total. The maximum atomic E-state index is 12.3. The van der Waals surface area contributed by atoms with Crippen LogP contribution in [0.2, 0.25) is 10.0 Å². The molecule has 2 amide bonds. The molecular weight excluding hydrogens is 311 g/mol. The van der Waals surface area contributed by atoms with Gasteiger partial charge in [-0.1, -0.05) is 36.2 Å². The third-order valence-corrected chi connectivity index (χ3v) is 3.98. The highest BCUT2D eigenvalue weighted by Gasteiger charge is 2.26. The van der Waals surface area contributed by atoms with Crippen LogP contribution in [-0.2, 0) is 16.1 Å². The number of likely N-dealkylation sites (N-methyl/N-ethyl adjacent to an activating group) is 1. The molecule has 6 heteroatoms. The quantitative estimate of drug-likeness (QED) is 0.870. The molecule has 1 atom stereocenters. The summed E-state index contributed by atoms with van der Waals surface area (Å²) in [6.07, 6.45) is 1.09. The van der Waals surface area contributed by atoms with Gasteiger partial charge in [-0.2, -0.15) is 0 Å². The van der Waals surface area contributed by atoms with Crippen LogP contribution in [0.15, 0.2) is 18.2 Å². The highest BCUT2D eigenvalue weighted by molar-refractivity contribution is 6.36. The summed E-state index contributed by atoms with van der Waals surface area (Å²) in [4.78, 5) is 25.7. The first-order valence-electron chi connectivity index (χ1n) is 6.86. The van der Waals surface area contributed by atoms with Crippen molar-refractivity contribution in [3.63, 3.8) is 0 Å². The number of amides is 2. The molecule has 0 radical (unpaired) electrons. The van der Waals surface area contributed by atoms with E-state index in [1.165, 1.54) is 4.90 Å². The predicted molar refractivity (Wildman–Crippen MR) is 85.4 cm³/mol. The number of nitrogens with one attached hydrogen (secondary N) is 1. The van der Waals surface area contributed by atoms with E-state index in [9.17, 15) is 9.59 Å². The van der Waals surface area contributed by atoms with Crippen LogP contribution in [0.5, 0.6) is 0 Å². The molecule has 0 saturated heterocycles. The van der Waals surface area contributed by atoms with Crippen molar-refractivity contribution in [1.82, 2.24) is 10.2 Å². The van der Waals surface area contributed by atoms with Gasteiger partial charge in [-0.05, 0) is 25.5 Å². The minimum Gasteiger partial charge on any atom is -0.357 e. The van der Waals surface area contributed by atoms with Gasteiger partial charge in [0.2, 0.25) is 11.8 Å². The second-order valence-electron chi connectivity index (χ2n) is 4.76. The summed E-state index contributed by atoms with van der Waals surface area (Å²) >= 11 is 12.3. The Morgan fingerprint density at radius 1 is 1.29 bits per heavy atom. The van der Waals surface area contributed by atoms with Crippen LogP contribution in [0.4, 0.5) is 0 Å². The molecule has 0 heterocycles. The van der Waals surface area contributed by atoms with Crippen LogP contribution >= 0.6 is 23.2 Å². The second kappa shape index (κ2) is 8.25. The summed E-state index contributed by atoms with van der Waals surface area (Å²) in [6.45, 7) is 3.83. The van der Waals surface area contributed by atoms with E-state index in [4.69, 9.17) is 23.2 Å². The van der Waals surface area contributed by atoms with Crippen molar-refractivity contribution in [2.24, 2.45) is 0 Å². The smallest absolute Gasteiger partial charge is 0.242 e. The van der Waals surface area contributed by atoms with E-state index >= 15 is 0 Å². The lowest BCUT2D eigenvalue weighted by Gasteiger charge is -2.29. The molecule has 0 aliphatic rings. The van der Waals surface area contributed by atoms with Gasteiger partial charge in [0.15, 0.2) is 0 Å². The van der Waals surface area contributed by atoms with Crippen LogP contribution in [0, 0.1) is 0 Å². The lowest BCUT2D eigenvalue weighted by Crippen LogP contribution is -2.46. The number of halogens is 2. The first kappa shape index (κ1) is 17.8. The Bertz CT molecular complexity index is 500. The van der Waals surface area contributed by atoms with E-state index in [0.29, 0.717) is 28.5 Å². The molecule has 0 spiro atoms. The van der Waals surface area contributed by atoms with E-state index < -0.39 is 6.04 Å². The van der Waals surface area contributed by atoms with Crippen LogP contribution in [-0.4, -0.2) is 29.8 Å². The molecule has 0 aliphatic heterocycles. The molecule has 116 valence electrons. The van der Waals surface area contributed by atoms with Crippen molar-refractivity contribution in [2.75, 3.05) is 7.05 Å². The normalized spacial score (nSPS) is 11.9. The summed E-state index contributed by atoms with van der Waals surface area (Å²) < 4.78 is 0. The Balaban J connectivity index is 3.07. The van der Waals surface area contributed by atoms with Crippen molar-refractivity contribution in [3.8, 4) is 0 Å². The highest BCUT2D eigenvalue weighted by atomic mass is 35.5. The molecule has 0 bridgehead atoms. The minimum absolute atomic E-state index is 0.0930. The first-order valence-corrected chi connectivity index (χ1v) is 7.61. The number of hydrogen-bond donors (Lipinski definition) is 1. The zero-order chi connectivity index (χ0) is 16.0. The van der Waals surface area contributed by atoms with Crippen molar-refractivity contribution in [2.45, 2.75) is 39.3 Å². The molecule has 1 aromatic rings. The standard InChI is InChI=1S/C15H20Cl2N2O2/c1-4-6-14(20)19(10(2)15(21)18-3)9-11-12(16)7-5-8-13(11)17/h5,7-8,10H,4,6,9H2,1-3H3,(H,18,21)/t10-/m1/s1. The van der Waals surface area contributed by atoms with E-state index in [1.54, 1.807) is 32.2 Å². The largest absolute Gasteiger partial charge is 0.357 e. The molecule has 0 aliphatic carbocycles. The van der Waals surface area contributed by atoms with E-state index in [1.807, 2.05) is 6.92 Å². The third kappa shape index (κ3) is 4.61. The average molecular weight is 331 g/mol. The molecule has 1 rings (SSSR count). The van der Waals surface area contributed by atoms with Gasteiger partial charge in [0, 0.05) is 35.6 Å². The van der Waals surface area contributed by atoms with Gasteiger partial charge >= 0.3 is 0 Å². The topological polar surface area (TPSA) is 49.4 Å². The first-order chi connectivity index (χ1) is 9.92. The van der Waals surface area contributed by atoms with Gasteiger partial charge < -0.3 is 10.2 Å². The molecule has 0 fully saturated rings. The minimum atomic E-state index is -0.582. The van der Waals surface area contributed by atoms with Crippen LogP contribution < -0.4 is 5.32 Å². The van der Waals surface area contributed by atoms with Gasteiger partial charge in [0.25, 0.3) is 0 Å². The number of carbonyl (C=O) groups excluding carboxylic acids is 2. The zero-order valence-corrected chi connectivity index (χ0v) is 14.0. The van der Waals surface area contributed by atoms with Gasteiger partial charge in [0.05, 0.1) is 0 Å². The fourth-order valence-corrected chi connectivity index (χ4v) is 2.52. The molecular formula is C15H20Cl2N2O2. The zero-order valence-electron chi connectivity index (χ0n) is 12.5. The number of rotatable bonds is 6. The van der Waals surface area contributed by atoms with Gasteiger partial charge in [-0.25, -0.2) is 0 Å². The number of carbonyl (C=O) groups is 2. The Kier molecular flexibility index (Phi) is 6.99. The molecule has 0 unspecified atom stereocenters. The van der Waals surface area contributed by atoms with Crippen molar-refractivity contribution in [3.05, 3.63) is 33.8 Å². The second-order valence-corrected chi connectivity index (χ2v) is 5.58. The van der Waals surface area contributed by atoms with Crippen LogP contribution in [0.25, 0.3) is 0 Å². The van der Waals surface area contributed by atoms with Crippen molar-refractivity contribution < 1.29 is 9.59 Å². The lowest BCUT2D eigenvalue weighted by molar-refractivity contribution is -0.140. The number of benzene rings is 1. The van der Waals surface area contributed by atoms with E-state index in [2.05, 4.69) is 5.32 Å². The highest BCUT2D eigenvalue weighted by Crippen LogP contribution is 2.26. The Morgan fingerprint density at radius 3 is 2.33 bits per heavy atom. The Morgan fingerprint density at radius 2 is 1.86 bits per heavy atom. The summed E-state index contributed by atoms with van der Waals surface area (Å²) in [7, 11) is 1.55. The molecule has 1 aromatic carbocycles. The summed E-state index contributed by atoms with van der Waals surface area (Å²) in [5, 5.41) is 3.53. The van der Waals surface area contributed by atoms with Gasteiger partial charge in [-0.15, -0.1) is 0 Å². The molecule has 0 aromatic heterocycles. The number of hydrogen-bond acceptors (Lipinski definition) is 2. The van der Waals surface area contributed by atoms with Crippen molar-refractivity contribution in [1.29, 1.82) is 0 Å². The van der Waals surface area contributed by atoms with E-state index in [-0.39, 0.29) is 18.4 Å². The number of nitrogens with zero attached hydrogens (tertiary/aromatic N) is 1. The molecule has 21 heavy (non-hydrogen) atoms. The van der Waals surface area contributed by atoms with Gasteiger partial charge in [0.1, 0.15) is 6.04 Å². The maximum Gasteiger partial charge on any atom is 0.242 e. The fraction of sp³-hybridized carbons (Fsp3) is 0.467. The third-order valence-electron chi connectivity index (χ3n) is 3.27. The van der Waals surface area contributed by atoms with Gasteiger partial charge in [-0.3, -0.25) is 9.59 Å².